The molecule has 0 spiro atoms. The second kappa shape index (κ2) is 5.71. The van der Waals surface area contributed by atoms with Gasteiger partial charge < -0.3 is 10.4 Å². The van der Waals surface area contributed by atoms with Crippen LogP contribution in [0.3, 0.4) is 0 Å². The van der Waals surface area contributed by atoms with E-state index in [1.807, 2.05) is 12.1 Å². The first-order valence-corrected chi connectivity index (χ1v) is 6.06. The highest BCUT2D eigenvalue weighted by Crippen LogP contribution is 2.17. The first kappa shape index (κ1) is 13.6. The quantitative estimate of drug-likeness (QED) is 0.795. The van der Waals surface area contributed by atoms with Crippen LogP contribution in [0.25, 0.3) is 0 Å². The van der Waals surface area contributed by atoms with E-state index in [1.54, 1.807) is 13.8 Å². The number of nitrogens with one attached hydrogen (secondary N) is 1. The largest absolute Gasteiger partial charge is 0.480 e. The minimum absolute atomic E-state index is 0.845. The smallest absolute Gasteiger partial charge is 0.328 e. The van der Waals surface area contributed by atoms with Crippen LogP contribution in [0, 0.1) is 0 Å². The van der Waals surface area contributed by atoms with Crippen LogP contribution in [-0.2, 0) is 11.2 Å². The summed E-state index contributed by atoms with van der Waals surface area (Å²) in [6, 6.07) is 7.98. The van der Waals surface area contributed by atoms with Crippen molar-refractivity contribution >= 4 is 11.7 Å². The second-order valence-corrected chi connectivity index (χ2v) is 4.86. The number of hydrogen-bond donors (Lipinski definition) is 2. The van der Waals surface area contributed by atoms with Crippen molar-refractivity contribution in [2.45, 2.75) is 45.6 Å². The molecule has 1 aromatic carbocycles. The maximum atomic E-state index is 11.0. The van der Waals surface area contributed by atoms with Crippen molar-refractivity contribution in [2.75, 3.05) is 5.32 Å². The number of hydrogen-bond acceptors (Lipinski definition) is 2. The zero-order chi connectivity index (χ0) is 12.9. The van der Waals surface area contributed by atoms with E-state index in [2.05, 4.69) is 24.4 Å². The van der Waals surface area contributed by atoms with Crippen molar-refractivity contribution in [3.05, 3.63) is 29.8 Å². The number of carboxylic acid groups (broad SMARTS) is 1. The Balaban J connectivity index is 2.65. The maximum Gasteiger partial charge on any atom is 0.328 e. The highest BCUT2D eigenvalue weighted by Gasteiger charge is 2.26. The Morgan fingerprint density at radius 3 is 2.35 bits per heavy atom. The van der Waals surface area contributed by atoms with E-state index in [1.165, 1.54) is 18.4 Å². The van der Waals surface area contributed by atoms with Gasteiger partial charge in [-0.3, -0.25) is 0 Å². The van der Waals surface area contributed by atoms with Gasteiger partial charge in [-0.1, -0.05) is 25.5 Å². The van der Waals surface area contributed by atoms with Crippen LogP contribution in [0.1, 0.15) is 39.2 Å². The van der Waals surface area contributed by atoms with Gasteiger partial charge in [-0.05, 0) is 44.4 Å². The number of anilines is 1. The summed E-state index contributed by atoms with van der Waals surface area (Å²) in [7, 11) is 0. The normalized spacial score (nSPS) is 11.2. The lowest BCUT2D eigenvalue weighted by molar-refractivity contribution is -0.141. The van der Waals surface area contributed by atoms with Gasteiger partial charge in [-0.2, -0.15) is 0 Å². The number of carbonyl (C=O) groups is 1. The molecule has 0 aromatic heterocycles. The molecule has 0 aliphatic heterocycles. The summed E-state index contributed by atoms with van der Waals surface area (Å²) in [5, 5.41) is 12.0. The molecular formula is C14H21NO2. The van der Waals surface area contributed by atoms with E-state index >= 15 is 0 Å². The monoisotopic (exact) mass is 235 g/mol. The minimum atomic E-state index is -0.940. The van der Waals surface area contributed by atoms with Crippen LogP contribution in [-0.4, -0.2) is 16.6 Å². The fourth-order valence-corrected chi connectivity index (χ4v) is 1.55. The molecule has 3 nitrogen and oxygen atoms in total. The van der Waals surface area contributed by atoms with Crippen molar-refractivity contribution in [3.63, 3.8) is 0 Å². The lowest BCUT2D eigenvalue weighted by atomic mass is 10.0. The van der Waals surface area contributed by atoms with Gasteiger partial charge in [0.2, 0.25) is 0 Å². The average Bonchev–Trinajstić information content (AvgIpc) is 2.27. The summed E-state index contributed by atoms with van der Waals surface area (Å²) in [5.74, 6) is -0.854. The van der Waals surface area contributed by atoms with E-state index in [-0.39, 0.29) is 0 Å². The van der Waals surface area contributed by atoms with Crippen LogP contribution in [0.2, 0.25) is 0 Å². The number of aliphatic carboxylic acids is 1. The minimum Gasteiger partial charge on any atom is -0.480 e. The van der Waals surface area contributed by atoms with E-state index < -0.39 is 11.5 Å². The predicted octanol–water partition coefficient (Wildman–Crippen LogP) is 3.30. The topological polar surface area (TPSA) is 49.3 Å². The molecule has 0 saturated carbocycles. The van der Waals surface area contributed by atoms with Crippen LogP contribution in [0.15, 0.2) is 24.3 Å². The highest BCUT2D eigenvalue weighted by atomic mass is 16.4. The molecule has 1 rings (SSSR count). The van der Waals surface area contributed by atoms with Gasteiger partial charge in [-0.25, -0.2) is 4.79 Å². The van der Waals surface area contributed by atoms with Crippen molar-refractivity contribution in [1.82, 2.24) is 0 Å². The average molecular weight is 235 g/mol. The molecule has 0 aliphatic rings. The Morgan fingerprint density at radius 2 is 1.88 bits per heavy atom. The van der Waals surface area contributed by atoms with Gasteiger partial charge in [-0.15, -0.1) is 0 Å². The van der Waals surface area contributed by atoms with Gasteiger partial charge >= 0.3 is 5.97 Å². The van der Waals surface area contributed by atoms with Crippen LogP contribution >= 0.6 is 0 Å². The number of carboxylic acids is 1. The zero-order valence-corrected chi connectivity index (χ0v) is 10.8. The molecule has 0 heterocycles. The van der Waals surface area contributed by atoms with Gasteiger partial charge in [0, 0.05) is 5.69 Å². The Labute approximate surface area is 103 Å². The molecule has 1 aromatic rings. The highest BCUT2D eigenvalue weighted by molar-refractivity contribution is 5.81. The molecule has 0 amide bonds. The fourth-order valence-electron chi connectivity index (χ4n) is 1.55. The summed E-state index contributed by atoms with van der Waals surface area (Å²) >= 11 is 0. The first-order chi connectivity index (χ1) is 7.95. The van der Waals surface area contributed by atoms with Crippen LogP contribution in [0.4, 0.5) is 5.69 Å². The summed E-state index contributed by atoms with van der Waals surface area (Å²) in [6.07, 6.45) is 3.46. The lowest BCUT2D eigenvalue weighted by Gasteiger charge is -2.22. The molecule has 2 N–H and O–H groups in total. The first-order valence-electron chi connectivity index (χ1n) is 6.06. The molecule has 0 unspecified atom stereocenters. The maximum absolute atomic E-state index is 11.0. The van der Waals surface area contributed by atoms with Crippen LogP contribution in [0.5, 0.6) is 0 Å². The third-order valence-corrected chi connectivity index (χ3v) is 2.76. The predicted molar refractivity (Wildman–Crippen MR) is 70.4 cm³/mol. The zero-order valence-electron chi connectivity index (χ0n) is 10.8. The van der Waals surface area contributed by atoms with E-state index in [4.69, 9.17) is 5.11 Å². The third-order valence-electron chi connectivity index (χ3n) is 2.76. The van der Waals surface area contributed by atoms with E-state index in [0.29, 0.717) is 0 Å². The van der Waals surface area contributed by atoms with Gasteiger partial charge in [0.25, 0.3) is 0 Å². The number of aryl methyl sites for hydroxylation is 1. The van der Waals surface area contributed by atoms with Crippen molar-refractivity contribution in [2.24, 2.45) is 0 Å². The molecule has 0 bridgehead atoms. The van der Waals surface area contributed by atoms with E-state index in [9.17, 15) is 4.79 Å². The number of benzene rings is 1. The summed E-state index contributed by atoms with van der Waals surface area (Å²) < 4.78 is 0. The SMILES string of the molecule is CCCCc1ccc(NC(C)(C)C(=O)O)cc1. The molecule has 17 heavy (non-hydrogen) atoms. The van der Waals surface area contributed by atoms with Crippen molar-refractivity contribution in [3.8, 4) is 0 Å². The molecule has 94 valence electrons. The molecule has 0 fully saturated rings. The molecule has 3 heteroatoms. The fraction of sp³-hybridized carbons (Fsp3) is 0.500. The van der Waals surface area contributed by atoms with Gasteiger partial charge in [0.15, 0.2) is 0 Å². The summed E-state index contributed by atoms with van der Waals surface area (Å²) in [4.78, 5) is 11.0. The molecular weight excluding hydrogens is 214 g/mol. The van der Waals surface area contributed by atoms with Crippen molar-refractivity contribution < 1.29 is 9.90 Å². The molecule has 0 saturated heterocycles. The van der Waals surface area contributed by atoms with Gasteiger partial charge in [0.1, 0.15) is 5.54 Å². The summed E-state index contributed by atoms with van der Waals surface area (Å²) in [5.41, 5.74) is 1.20. The van der Waals surface area contributed by atoms with Crippen LogP contribution < -0.4 is 5.32 Å². The lowest BCUT2D eigenvalue weighted by Crippen LogP contribution is -2.39. The molecule has 0 radical (unpaired) electrons. The Bertz CT molecular complexity index is 368. The third kappa shape index (κ3) is 4.10. The Hall–Kier alpha value is -1.51. The Kier molecular flexibility index (Phi) is 4.55. The van der Waals surface area contributed by atoms with Crippen molar-refractivity contribution in [1.29, 1.82) is 0 Å². The number of rotatable bonds is 6. The summed E-state index contributed by atoms with van der Waals surface area (Å²) in [6.45, 7) is 5.48. The second-order valence-electron chi connectivity index (χ2n) is 4.86. The van der Waals surface area contributed by atoms with Gasteiger partial charge in [0.05, 0.1) is 0 Å². The van der Waals surface area contributed by atoms with E-state index in [0.717, 1.165) is 12.1 Å². The standard InChI is InChI=1S/C14H21NO2/c1-4-5-6-11-7-9-12(10-8-11)15-14(2,3)13(16)17/h7-10,15H,4-6H2,1-3H3,(H,16,17). The molecule has 0 aliphatic carbocycles. The Morgan fingerprint density at radius 1 is 1.29 bits per heavy atom. The molecule has 0 atom stereocenters. The number of unbranched alkanes of at least 4 members (excludes halogenated alkanes) is 1.